The lowest BCUT2D eigenvalue weighted by atomic mass is 10.1. The predicted octanol–water partition coefficient (Wildman–Crippen LogP) is 4.80. The van der Waals surface area contributed by atoms with Crippen LogP contribution in [0, 0.1) is 6.92 Å². The third-order valence-corrected chi connectivity index (χ3v) is 5.37. The van der Waals surface area contributed by atoms with Gasteiger partial charge in [0.1, 0.15) is 12.4 Å². The SMILES string of the molecule is CCN1CCC[C@@H]1CNCc1cc(Cl)ccc1OCc1ccc(C)cc1. The highest BCUT2D eigenvalue weighted by molar-refractivity contribution is 6.30. The lowest BCUT2D eigenvalue weighted by molar-refractivity contribution is 0.259. The fourth-order valence-corrected chi connectivity index (χ4v) is 3.78. The van der Waals surface area contributed by atoms with E-state index in [1.54, 1.807) is 0 Å². The molecule has 1 atom stereocenters. The van der Waals surface area contributed by atoms with Crippen molar-refractivity contribution in [2.24, 2.45) is 0 Å². The summed E-state index contributed by atoms with van der Waals surface area (Å²) in [5.74, 6) is 0.904. The zero-order valence-corrected chi connectivity index (χ0v) is 16.6. The van der Waals surface area contributed by atoms with Gasteiger partial charge in [-0.25, -0.2) is 0 Å². The Balaban J connectivity index is 1.57. The number of halogens is 1. The number of likely N-dealkylation sites (N-methyl/N-ethyl adjacent to an activating group) is 1. The fraction of sp³-hybridized carbons (Fsp3) is 0.455. The van der Waals surface area contributed by atoms with E-state index in [0.717, 1.165) is 36.0 Å². The van der Waals surface area contributed by atoms with E-state index in [-0.39, 0.29) is 0 Å². The monoisotopic (exact) mass is 372 g/mol. The predicted molar refractivity (Wildman–Crippen MR) is 109 cm³/mol. The van der Waals surface area contributed by atoms with Crippen molar-refractivity contribution in [1.29, 1.82) is 0 Å². The summed E-state index contributed by atoms with van der Waals surface area (Å²) in [5.41, 5.74) is 3.55. The molecule has 2 aromatic rings. The van der Waals surface area contributed by atoms with Crippen molar-refractivity contribution in [3.8, 4) is 5.75 Å². The standard InChI is InChI=1S/C22H29ClN2O/c1-3-25-12-4-5-21(25)15-24-14-19-13-20(23)10-11-22(19)26-16-18-8-6-17(2)7-9-18/h6-11,13,21,24H,3-5,12,14-16H2,1-2H3/t21-/m1/s1. The first kappa shape index (κ1) is 19.2. The molecular weight excluding hydrogens is 344 g/mol. The van der Waals surface area contributed by atoms with Crippen LogP contribution in [-0.4, -0.2) is 30.6 Å². The van der Waals surface area contributed by atoms with E-state index < -0.39 is 0 Å². The van der Waals surface area contributed by atoms with Crippen molar-refractivity contribution in [3.05, 3.63) is 64.2 Å². The van der Waals surface area contributed by atoms with Gasteiger partial charge in [-0.2, -0.15) is 0 Å². The molecule has 0 amide bonds. The zero-order valence-electron chi connectivity index (χ0n) is 15.8. The number of hydrogen-bond donors (Lipinski definition) is 1. The Morgan fingerprint density at radius 2 is 2.00 bits per heavy atom. The molecule has 3 rings (SSSR count). The highest BCUT2D eigenvalue weighted by Gasteiger charge is 2.22. The van der Waals surface area contributed by atoms with Crippen LogP contribution in [-0.2, 0) is 13.2 Å². The third-order valence-electron chi connectivity index (χ3n) is 5.14. The van der Waals surface area contributed by atoms with E-state index in [1.165, 1.54) is 30.5 Å². The topological polar surface area (TPSA) is 24.5 Å². The number of ether oxygens (including phenoxy) is 1. The molecule has 0 aromatic heterocycles. The summed E-state index contributed by atoms with van der Waals surface area (Å²) in [6, 6.07) is 15.0. The molecule has 26 heavy (non-hydrogen) atoms. The first-order valence-electron chi connectivity index (χ1n) is 9.57. The van der Waals surface area contributed by atoms with Crippen LogP contribution in [0.4, 0.5) is 0 Å². The lowest BCUT2D eigenvalue weighted by Crippen LogP contribution is -2.37. The Bertz CT molecular complexity index is 702. The van der Waals surface area contributed by atoms with Crippen LogP contribution in [0.15, 0.2) is 42.5 Å². The number of aryl methyl sites for hydroxylation is 1. The molecule has 1 N–H and O–H groups in total. The van der Waals surface area contributed by atoms with Crippen molar-refractivity contribution in [2.45, 2.75) is 45.9 Å². The summed E-state index contributed by atoms with van der Waals surface area (Å²) >= 11 is 6.21. The quantitative estimate of drug-likeness (QED) is 0.720. The van der Waals surface area contributed by atoms with Crippen LogP contribution < -0.4 is 10.1 Å². The molecule has 140 valence electrons. The molecule has 1 aliphatic rings. The van der Waals surface area contributed by atoms with Crippen LogP contribution in [0.25, 0.3) is 0 Å². The first-order valence-corrected chi connectivity index (χ1v) is 9.95. The highest BCUT2D eigenvalue weighted by Crippen LogP contribution is 2.24. The van der Waals surface area contributed by atoms with Gasteiger partial charge in [0.05, 0.1) is 0 Å². The minimum absolute atomic E-state index is 0.571. The molecule has 1 saturated heterocycles. The Labute approximate surface area is 162 Å². The Morgan fingerprint density at radius 1 is 1.19 bits per heavy atom. The highest BCUT2D eigenvalue weighted by atomic mass is 35.5. The van der Waals surface area contributed by atoms with Crippen LogP contribution in [0.1, 0.15) is 36.5 Å². The second-order valence-electron chi connectivity index (χ2n) is 7.08. The molecule has 0 radical (unpaired) electrons. The van der Waals surface area contributed by atoms with Gasteiger partial charge in [-0.15, -0.1) is 0 Å². The Kier molecular flexibility index (Phi) is 6.95. The molecule has 1 aliphatic heterocycles. The van der Waals surface area contributed by atoms with E-state index >= 15 is 0 Å². The van der Waals surface area contributed by atoms with Gasteiger partial charge in [0, 0.05) is 29.7 Å². The van der Waals surface area contributed by atoms with Gasteiger partial charge in [0.25, 0.3) is 0 Å². The fourth-order valence-electron chi connectivity index (χ4n) is 3.59. The summed E-state index contributed by atoms with van der Waals surface area (Å²) in [6.45, 7) is 9.06. The summed E-state index contributed by atoms with van der Waals surface area (Å²) < 4.78 is 6.07. The molecule has 0 saturated carbocycles. The Morgan fingerprint density at radius 3 is 2.77 bits per heavy atom. The number of nitrogens with zero attached hydrogens (tertiary/aromatic N) is 1. The average molecular weight is 373 g/mol. The van der Waals surface area contributed by atoms with Crippen LogP contribution in [0.3, 0.4) is 0 Å². The maximum Gasteiger partial charge on any atom is 0.124 e. The number of hydrogen-bond acceptors (Lipinski definition) is 3. The van der Waals surface area contributed by atoms with Crippen LogP contribution in [0.5, 0.6) is 5.75 Å². The maximum atomic E-state index is 6.21. The molecule has 1 fully saturated rings. The largest absolute Gasteiger partial charge is 0.489 e. The van der Waals surface area contributed by atoms with E-state index in [4.69, 9.17) is 16.3 Å². The van der Waals surface area contributed by atoms with Gasteiger partial charge in [-0.3, -0.25) is 4.90 Å². The molecule has 0 unspecified atom stereocenters. The van der Waals surface area contributed by atoms with E-state index in [9.17, 15) is 0 Å². The first-order chi connectivity index (χ1) is 12.7. The summed E-state index contributed by atoms with van der Waals surface area (Å²) in [6.07, 6.45) is 2.59. The molecular formula is C22H29ClN2O. The smallest absolute Gasteiger partial charge is 0.124 e. The number of benzene rings is 2. The molecule has 4 heteroatoms. The van der Waals surface area contributed by atoms with Crippen molar-refractivity contribution in [1.82, 2.24) is 10.2 Å². The van der Waals surface area contributed by atoms with Gasteiger partial charge in [0.15, 0.2) is 0 Å². The second kappa shape index (κ2) is 9.40. The van der Waals surface area contributed by atoms with Crippen LogP contribution in [0.2, 0.25) is 5.02 Å². The van der Waals surface area contributed by atoms with Crippen molar-refractivity contribution in [3.63, 3.8) is 0 Å². The van der Waals surface area contributed by atoms with Gasteiger partial charge >= 0.3 is 0 Å². The van der Waals surface area contributed by atoms with E-state index in [2.05, 4.69) is 48.3 Å². The number of nitrogens with one attached hydrogen (secondary N) is 1. The van der Waals surface area contributed by atoms with Crippen LogP contribution >= 0.6 is 11.6 Å². The summed E-state index contributed by atoms with van der Waals surface area (Å²) in [5, 5.41) is 4.35. The lowest BCUT2D eigenvalue weighted by Gasteiger charge is -2.23. The van der Waals surface area contributed by atoms with E-state index in [1.807, 2.05) is 18.2 Å². The zero-order chi connectivity index (χ0) is 18.4. The van der Waals surface area contributed by atoms with Crippen molar-refractivity contribution in [2.75, 3.05) is 19.6 Å². The van der Waals surface area contributed by atoms with Gasteiger partial charge in [0.2, 0.25) is 0 Å². The average Bonchev–Trinajstić information content (AvgIpc) is 3.10. The maximum absolute atomic E-state index is 6.21. The third kappa shape index (κ3) is 5.23. The molecule has 1 heterocycles. The van der Waals surface area contributed by atoms with Crippen molar-refractivity contribution < 1.29 is 4.74 Å². The second-order valence-corrected chi connectivity index (χ2v) is 7.52. The minimum Gasteiger partial charge on any atom is -0.489 e. The number of likely N-dealkylation sites (tertiary alicyclic amines) is 1. The summed E-state index contributed by atoms with van der Waals surface area (Å²) in [4.78, 5) is 2.56. The minimum atomic E-state index is 0.571. The van der Waals surface area contributed by atoms with Gasteiger partial charge < -0.3 is 10.1 Å². The number of rotatable bonds is 8. The molecule has 3 nitrogen and oxygen atoms in total. The molecule has 2 aromatic carbocycles. The van der Waals surface area contributed by atoms with Gasteiger partial charge in [-0.05, 0) is 56.6 Å². The van der Waals surface area contributed by atoms with Crippen molar-refractivity contribution >= 4 is 11.6 Å². The molecule has 0 bridgehead atoms. The summed E-state index contributed by atoms with van der Waals surface area (Å²) in [7, 11) is 0. The molecule has 0 spiro atoms. The van der Waals surface area contributed by atoms with Gasteiger partial charge in [-0.1, -0.05) is 48.4 Å². The normalized spacial score (nSPS) is 17.6. The van der Waals surface area contributed by atoms with E-state index in [0.29, 0.717) is 12.6 Å². The Hall–Kier alpha value is -1.55. The molecule has 0 aliphatic carbocycles.